The first-order chi connectivity index (χ1) is 12.5. The molecule has 0 atom stereocenters. The maximum atomic E-state index is 12.5. The highest BCUT2D eigenvalue weighted by Gasteiger charge is 2.17. The van der Waals surface area contributed by atoms with E-state index in [0.29, 0.717) is 5.56 Å². The number of likely N-dealkylation sites (N-methyl/N-ethyl adjacent to an activating group) is 1. The lowest BCUT2D eigenvalue weighted by atomic mass is 10.2. The summed E-state index contributed by atoms with van der Waals surface area (Å²) in [6.07, 6.45) is 1.55. The Balaban J connectivity index is 1.92. The Morgan fingerprint density at radius 3 is 2.73 bits per heavy atom. The molecule has 0 bridgehead atoms. The summed E-state index contributed by atoms with van der Waals surface area (Å²) in [5.41, 5.74) is 1.67. The topological polar surface area (TPSA) is 84.0 Å². The van der Waals surface area contributed by atoms with Crippen molar-refractivity contribution in [2.24, 2.45) is 0 Å². The van der Waals surface area contributed by atoms with E-state index in [4.69, 9.17) is 0 Å². The molecule has 0 aliphatic rings. The van der Waals surface area contributed by atoms with Crippen LogP contribution in [-0.4, -0.2) is 35.4 Å². The van der Waals surface area contributed by atoms with Gasteiger partial charge in [0.2, 0.25) is 5.91 Å². The predicted octanol–water partition coefficient (Wildman–Crippen LogP) is 2.94. The molecule has 0 unspecified atom stereocenters. The lowest BCUT2D eigenvalue weighted by molar-refractivity contribution is -0.119. The average Bonchev–Trinajstić information content (AvgIpc) is 2.95. The molecule has 134 valence electrons. The van der Waals surface area contributed by atoms with Crippen molar-refractivity contribution in [2.75, 3.05) is 13.6 Å². The highest BCUT2D eigenvalue weighted by molar-refractivity contribution is 7.99. The molecule has 0 saturated carbocycles. The first kappa shape index (κ1) is 18.3. The molecule has 26 heavy (non-hydrogen) atoms. The standard InChI is InChI=1S/C18H18N4O2S2/c1-10-11(2)25-17-15(10)18(22-9-21-17)26-13-7-5-4-6-12(13)16(24)20-8-14(23)19-3/h4-7,9H,8H2,1-3H3,(H,19,23)(H,20,24). The van der Waals surface area contributed by atoms with Crippen LogP contribution in [-0.2, 0) is 4.79 Å². The number of thiophene rings is 1. The number of hydrogen-bond donors (Lipinski definition) is 2. The Kier molecular flexibility index (Phi) is 5.53. The number of benzene rings is 1. The number of nitrogens with one attached hydrogen (secondary N) is 2. The molecule has 0 saturated heterocycles. The maximum absolute atomic E-state index is 12.5. The van der Waals surface area contributed by atoms with Gasteiger partial charge in [-0.05, 0) is 31.5 Å². The van der Waals surface area contributed by atoms with Gasteiger partial charge in [0.25, 0.3) is 5.91 Å². The zero-order chi connectivity index (χ0) is 18.7. The Hall–Kier alpha value is -2.45. The Morgan fingerprint density at radius 2 is 1.96 bits per heavy atom. The highest BCUT2D eigenvalue weighted by Crippen LogP contribution is 2.38. The Morgan fingerprint density at radius 1 is 1.19 bits per heavy atom. The third-order valence-corrected chi connectivity index (χ3v) is 6.15. The molecule has 0 spiro atoms. The molecule has 1 aromatic carbocycles. The van der Waals surface area contributed by atoms with Gasteiger partial charge in [-0.1, -0.05) is 23.9 Å². The van der Waals surface area contributed by atoms with Gasteiger partial charge in [0.05, 0.1) is 12.1 Å². The molecule has 2 heterocycles. The lowest BCUT2D eigenvalue weighted by Gasteiger charge is -2.10. The number of hydrogen-bond acceptors (Lipinski definition) is 6. The van der Waals surface area contributed by atoms with Gasteiger partial charge in [0.1, 0.15) is 16.2 Å². The molecular formula is C18H18N4O2S2. The maximum Gasteiger partial charge on any atom is 0.252 e. The van der Waals surface area contributed by atoms with E-state index < -0.39 is 0 Å². The first-order valence-electron chi connectivity index (χ1n) is 7.97. The Bertz CT molecular complexity index is 984. The second-order valence-corrected chi connectivity index (χ2v) is 7.83. The number of carbonyl (C=O) groups excluding carboxylic acids is 2. The smallest absolute Gasteiger partial charge is 0.252 e. The van der Waals surface area contributed by atoms with Gasteiger partial charge in [-0.25, -0.2) is 9.97 Å². The van der Waals surface area contributed by atoms with Crippen LogP contribution in [0.15, 0.2) is 40.5 Å². The molecular weight excluding hydrogens is 368 g/mol. The number of fused-ring (bicyclic) bond motifs is 1. The number of rotatable bonds is 5. The van der Waals surface area contributed by atoms with E-state index >= 15 is 0 Å². The normalized spacial score (nSPS) is 10.7. The van der Waals surface area contributed by atoms with Crippen molar-refractivity contribution in [2.45, 2.75) is 23.8 Å². The molecule has 0 aliphatic carbocycles. The SMILES string of the molecule is CNC(=O)CNC(=O)c1ccccc1Sc1ncnc2sc(C)c(C)c12. The fourth-order valence-electron chi connectivity index (χ4n) is 2.42. The number of aryl methyl sites for hydroxylation is 2. The van der Waals surface area contributed by atoms with E-state index in [1.807, 2.05) is 12.1 Å². The summed E-state index contributed by atoms with van der Waals surface area (Å²) in [4.78, 5) is 35.6. The summed E-state index contributed by atoms with van der Waals surface area (Å²) in [5.74, 6) is -0.536. The Labute approximate surface area is 159 Å². The fraction of sp³-hybridized carbons (Fsp3) is 0.222. The van der Waals surface area contributed by atoms with Crippen molar-refractivity contribution >= 4 is 45.1 Å². The van der Waals surface area contributed by atoms with Crippen molar-refractivity contribution in [3.63, 3.8) is 0 Å². The second-order valence-electron chi connectivity index (χ2n) is 5.60. The molecule has 3 rings (SSSR count). The summed E-state index contributed by atoms with van der Waals surface area (Å²) < 4.78 is 0. The van der Waals surface area contributed by atoms with Gasteiger partial charge in [-0.15, -0.1) is 11.3 Å². The zero-order valence-corrected chi connectivity index (χ0v) is 16.3. The van der Waals surface area contributed by atoms with Crippen molar-refractivity contribution in [1.29, 1.82) is 0 Å². The summed E-state index contributed by atoms with van der Waals surface area (Å²) >= 11 is 3.07. The van der Waals surface area contributed by atoms with E-state index in [9.17, 15) is 9.59 Å². The van der Waals surface area contributed by atoms with Gasteiger partial charge in [-0.3, -0.25) is 9.59 Å². The van der Waals surface area contributed by atoms with Crippen LogP contribution in [0.1, 0.15) is 20.8 Å². The second kappa shape index (κ2) is 7.84. The number of amides is 2. The monoisotopic (exact) mass is 386 g/mol. The van der Waals surface area contributed by atoms with Crippen LogP contribution < -0.4 is 10.6 Å². The summed E-state index contributed by atoms with van der Waals surface area (Å²) in [6.45, 7) is 4.06. The van der Waals surface area contributed by atoms with Crippen LogP contribution >= 0.6 is 23.1 Å². The number of nitrogens with zero attached hydrogens (tertiary/aromatic N) is 2. The molecule has 8 heteroatoms. The summed E-state index contributed by atoms with van der Waals surface area (Å²) in [6, 6.07) is 7.30. The molecule has 2 amide bonds. The van der Waals surface area contributed by atoms with E-state index in [-0.39, 0.29) is 18.4 Å². The minimum Gasteiger partial charge on any atom is -0.358 e. The van der Waals surface area contributed by atoms with Crippen LogP contribution in [0.5, 0.6) is 0 Å². The van der Waals surface area contributed by atoms with Gasteiger partial charge in [0.15, 0.2) is 0 Å². The van der Waals surface area contributed by atoms with Gasteiger partial charge < -0.3 is 10.6 Å². The zero-order valence-electron chi connectivity index (χ0n) is 14.6. The van der Waals surface area contributed by atoms with E-state index in [1.165, 1.54) is 23.7 Å². The van der Waals surface area contributed by atoms with Crippen LogP contribution in [0.3, 0.4) is 0 Å². The molecule has 2 N–H and O–H groups in total. The minimum absolute atomic E-state index is 0.0606. The van der Waals surface area contributed by atoms with E-state index in [2.05, 4.69) is 34.4 Å². The average molecular weight is 387 g/mol. The summed E-state index contributed by atoms with van der Waals surface area (Å²) in [5, 5.41) is 6.96. The third kappa shape index (κ3) is 3.71. The van der Waals surface area contributed by atoms with E-state index in [1.54, 1.807) is 29.8 Å². The highest BCUT2D eigenvalue weighted by atomic mass is 32.2. The molecule has 0 fully saturated rings. The summed E-state index contributed by atoms with van der Waals surface area (Å²) in [7, 11) is 1.53. The molecule has 0 aliphatic heterocycles. The molecule has 6 nitrogen and oxygen atoms in total. The van der Waals surface area contributed by atoms with Crippen LogP contribution in [0.4, 0.5) is 0 Å². The minimum atomic E-state index is -0.291. The van der Waals surface area contributed by atoms with Gasteiger partial charge in [-0.2, -0.15) is 0 Å². The predicted molar refractivity (Wildman–Crippen MR) is 104 cm³/mol. The van der Waals surface area contributed by atoms with Crippen LogP contribution in [0.2, 0.25) is 0 Å². The van der Waals surface area contributed by atoms with Crippen LogP contribution in [0, 0.1) is 13.8 Å². The largest absolute Gasteiger partial charge is 0.358 e. The lowest BCUT2D eigenvalue weighted by Crippen LogP contribution is -2.35. The number of carbonyl (C=O) groups is 2. The fourth-order valence-corrected chi connectivity index (χ4v) is 4.56. The van der Waals surface area contributed by atoms with Crippen LogP contribution in [0.25, 0.3) is 10.2 Å². The van der Waals surface area contributed by atoms with Crippen molar-refractivity contribution in [1.82, 2.24) is 20.6 Å². The molecule has 2 aromatic heterocycles. The first-order valence-corrected chi connectivity index (χ1v) is 9.61. The van der Waals surface area contributed by atoms with Crippen molar-refractivity contribution in [3.05, 3.63) is 46.6 Å². The third-order valence-electron chi connectivity index (χ3n) is 3.96. The van der Waals surface area contributed by atoms with Gasteiger partial charge >= 0.3 is 0 Å². The van der Waals surface area contributed by atoms with E-state index in [0.717, 1.165) is 25.7 Å². The molecule has 3 aromatic rings. The van der Waals surface area contributed by atoms with Crippen molar-refractivity contribution in [3.8, 4) is 0 Å². The number of aromatic nitrogens is 2. The van der Waals surface area contributed by atoms with Crippen molar-refractivity contribution < 1.29 is 9.59 Å². The quantitative estimate of drug-likeness (QED) is 0.659. The van der Waals surface area contributed by atoms with Gasteiger partial charge in [0, 0.05) is 22.2 Å². The molecule has 0 radical (unpaired) electrons.